The van der Waals surface area contributed by atoms with E-state index in [-0.39, 0.29) is 11.7 Å². The van der Waals surface area contributed by atoms with Crippen molar-refractivity contribution in [3.8, 4) is 16.9 Å². The molecule has 0 saturated carbocycles. The second-order valence-electron chi connectivity index (χ2n) is 8.21. The number of aromatic nitrogens is 2. The van der Waals surface area contributed by atoms with E-state index in [4.69, 9.17) is 5.10 Å². The number of carbonyl (C=O) groups excluding carboxylic acids is 1. The van der Waals surface area contributed by atoms with E-state index in [9.17, 15) is 9.18 Å². The van der Waals surface area contributed by atoms with Crippen LogP contribution in [-0.2, 0) is 17.9 Å². The van der Waals surface area contributed by atoms with Crippen LogP contribution < -0.4 is 10.2 Å². The fourth-order valence-corrected chi connectivity index (χ4v) is 4.20. The molecule has 0 aliphatic carbocycles. The highest BCUT2D eigenvalue weighted by molar-refractivity contribution is 5.95. The molecule has 1 N–H and O–H groups in total. The number of rotatable bonds is 7. The summed E-state index contributed by atoms with van der Waals surface area (Å²) in [6, 6.07) is 24.5. The summed E-state index contributed by atoms with van der Waals surface area (Å²) in [5, 5.41) is 8.29. The van der Waals surface area contributed by atoms with Gasteiger partial charge in [-0.25, -0.2) is 9.07 Å². The van der Waals surface area contributed by atoms with Gasteiger partial charge in [-0.05, 0) is 60.5 Å². The second-order valence-corrected chi connectivity index (χ2v) is 8.21. The summed E-state index contributed by atoms with van der Waals surface area (Å²) in [7, 11) is 0. The smallest absolute Gasteiger partial charge is 0.227 e. The second kappa shape index (κ2) is 9.38. The van der Waals surface area contributed by atoms with Crippen molar-refractivity contribution < 1.29 is 9.18 Å². The van der Waals surface area contributed by atoms with E-state index < -0.39 is 0 Å². The number of nitrogens with zero attached hydrogens (tertiary/aromatic N) is 3. The monoisotopic (exact) mass is 440 g/mol. The van der Waals surface area contributed by atoms with E-state index in [1.807, 2.05) is 58.2 Å². The first-order valence-electron chi connectivity index (χ1n) is 11.2. The molecule has 166 valence electrons. The third-order valence-corrected chi connectivity index (χ3v) is 5.87. The summed E-state index contributed by atoms with van der Waals surface area (Å²) < 4.78 is 15.3. The van der Waals surface area contributed by atoms with Crippen LogP contribution in [0.15, 0.2) is 85.1 Å². The molecule has 33 heavy (non-hydrogen) atoms. The molecule has 0 radical (unpaired) electrons. The van der Waals surface area contributed by atoms with Gasteiger partial charge in [0.05, 0.1) is 11.4 Å². The van der Waals surface area contributed by atoms with Crippen LogP contribution in [-0.4, -0.2) is 22.2 Å². The Hall–Kier alpha value is -3.77. The van der Waals surface area contributed by atoms with Crippen LogP contribution in [0.4, 0.5) is 10.1 Å². The summed E-state index contributed by atoms with van der Waals surface area (Å²) in [4.78, 5) is 13.9. The molecule has 0 atom stereocenters. The fourth-order valence-electron chi connectivity index (χ4n) is 4.20. The number of hydrogen-bond acceptors (Lipinski definition) is 3. The van der Waals surface area contributed by atoms with Crippen molar-refractivity contribution in [1.82, 2.24) is 15.1 Å². The lowest BCUT2D eigenvalue weighted by molar-refractivity contribution is -0.117. The molecule has 1 saturated heterocycles. The SMILES string of the molecule is O=C1CCCN1c1cccc(CNCc2cn(-c3ccccc3)nc2-c2ccc(F)cc2)c1. The van der Waals surface area contributed by atoms with E-state index in [2.05, 4.69) is 17.4 Å². The minimum atomic E-state index is -0.266. The van der Waals surface area contributed by atoms with E-state index >= 15 is 0 Å². The Kier molecular flexibility index (Phi) is 6.00. The number of halogens is 1. The maximum atomic E-state index is 13.5. The summed E-state index contributed by atoms with van der Waals surface area (Å²) in [5.41, 5.74) is 5.76. The van der Waals surface area contributed by atoms with Gasteiger partial charge in [0.1, 0.15) is 5.82 Å². The molecule has 5 nitrogen and oxygen atoms in total. The highest BCUT2D eigenvalue weighted by Crippen LogP contribution is 2.25. The molecule has 0 bridgehead atoms. The van der Waals surface area contributed by atoms with E-state index in [0.29, 0.717) is 19.5 Å². The van der Waals surface area contributed by atoms with Gasteiger partial charge in [0.2, 0.25) is 5.91 Å². The van der Waals surface area contributed by atoms with Crippen LogP contribution >= 0.6 is 0 Å². The summed E-state index contributed by atoms with van der Waals surface area (Å²) in [6.07, 6.45) is 3.55. The average molecular weight is 441 g/mol. The summed E-state index contributed by atoms with van der Waals surface area (Å²) >= 11 is 0. The zero-order chi connectivity index (χ0) is 22.6. The fraction of sp³-hybridized carbons (Fsp3) is 0.185. The first-order chi connectivity index (χ1) is 16.2. The molecular formula is C27H25FN4O. The largest absolute Gasteiger partial charge is 0.312 e. The van der Waals surface area contributed by atoms with Crippen LogP contribution in [0, 0.1) is 5.82 Å². The van der Waals surface area contributed by atoms with Crippen LogP contribution in [0.25, 0.3) is 16.9 Å². The number of anilines is 1. The molecule has 1 amide bonds. The van der Waals surface area contributed by atoms with Gasteiger partial charge < -0.3 is 10.2 Å². The first kappa shape index (κ1) is 21.1. The maximum absolute atomic E-state index is 13.5. The number of nitrogens with one attached hydrogen (secondary N) is 1. The molecule has 3 aromatic carbocycles. The number of benzene rings is 3. The quantitative estimate of drug-likeness (QED) is 0.435. The molecule has 0 unspecified atom stereocenters. The van der Waals surface area contributed by atoms with Gasteiger partial charge in [-0.3, -0.25) is 4.79 Å². The highest BCUT2D eigenvalue weighted by atomic mass is 19.1. The van der Waals surface area contributed by atoms with Gasteiger partial charge in [0, 0.05) is 49.1 Å². The summed E-state index contributed by atoms with van der Waals surface area (Å²) in [5.74, 6) is -0.0744. The van der Waals surface area contributed by atoms with Crippen molar-refractivity contribution in [3.63, 3.8) is 0 Å². The van der Waals surface area contributed by atoms with E-state index in [1.54, 1.807) is 12.1 Å². The van der Waals surface area contributed by atoms with Crippen molar-refractivity contribution in [1.29, 1.82) is 0 Å². The molecule has 1 fully saturated rings. The molecule has 2 heterocycles. The minimum Gasteiger partial charge on any atom is -0.312 e. The zero-order valence-electron chi connectivity index (χ0n) is 18.2. The topological polar surface area (TPSA) is 50.2 Å². The predicted molar refractivity (Wildman–Crippen MR) is 128 cm³/mol. The van der Waals surface area contributed by atoms with E-state index in [1.165, 1.54) is 12.1 Å². The van der Waals surface area contributed by atoms with Crippen molar-refractivity contribution in [2.24, 2.45) is 0 Å². The third kappa shape index (κ3) is 4.71. The van der Waals surface area contributed by atoms with Crippen LogP contribution in [0.1, 0.15) is 24.0 Å². The number of carbonyl (C=O) groups is 1. The summed E-state index contributed by atoms with van der Waals surface area (Å²) in [6.45, 7) is 2.05. The number of amides is 1. The highest BCUT2D eigenvalue weighted by Gasteiger charge is 2.21. The molecule has 0 spiro atoms. The molecule has 1 aliphatic rings. The Bertz CT molecular complexity index is 1250. The van der Waals surface area contributed by atoms with Crippen molar-refractivity contribution in [2.75, 3.05) is 11.4 Å². The van der Waals surface area contributed by atoms with Gasteiger partial charge in [-0.1, -0.05) is 30.3 Å². The van der Waals surface area contributed by atoms with Gasteiger partial charge in [0.25, 0.3) is 0 Å². The number of hydrogen-bond donors (Lipinski definition) is 1. The Morgan fingerprint density at radius 3 is 2.45 bits per heavy atom. The molecule has 5 rings (SSSR count). The Morgan fingerprint density at radius 1 is 0.909 bits per heavy atom. The van der Waals surface area contributed by atoms with Gasteiger partial charge in [0.15, 0.2) is 0 Å². The van der Waals surface area contributed by atoms with Gasteiger partial charge in [-0.2, -0.15) is 5.10 Å². The first-order valence-corrected chi connectivity index (χ1v) is 11.2. The van der Waals surface area contributed by atoms with Crippen molar-refractivity contribution >= 4 is 11.6 Å². The maximum Gasteiger partial charge on any atom is 0.227 e. The standard InChI is InChI=1S/C27H25FN4O/c28-23-13-11-21(12-14-23)27-22(19-32(30-27)24-7-2-1-3-8-24)18-29-17-20-6-4-9-25(16-20)31-15-5-10-26(31)33/h1-4,6-9,11-14,16,19,29H,5,10,15,17-18H2. The van der Waals surface area contributed by atoms with Crippen LogP contribution in [0.3, 0.4) is 0 Å². The molecule has 1 aliphatic heterocycles. The van der Waals surface area contributed by atoms with Gasteiger partial charge >= 0.3 is 0 Å². The lowest BCUT2D eigenvalue weighted by atomic mass is 10.1. The van der Waals surface area contributed by atoms with Crippen molar-refractivity contribution in [2.45, 2.75) is 25.9 Å². The minimum absolute atomic E-state index is 0.192. The Balaban J connectivity index is 1.35. The molecule has 1 aromatic heterocycles. The number of para-hydroxylation sites is 1. The Labute approximate surface area is 192 Å². The Morgan fingerprint density at radius 2 is 1.70 bits per heavy atom. The lowest BCUT2D eigenvalue weighted by Gasteiger charge is -2.16. The predicted octanol–water partition coefficient (Wildman–Crippen LogP) is 5.10. The van der Waals surface area contributed by atoms with Crippen molar-refractivity contribution in [3.05, 3.63) is 102 Å². The molecular weight excluding hydrogens is 415 g/mol. The van der Waals surface area contributed by atoms with Gasteiger partial charge in [-0.15, -0.1) is 0 Å². The van der Waals surface area contributed by atoms with E-state index in [0.717, 1.165) is 46.7 Å². The lowest BCUT2D eigenvalue weighted by Crippen LogP contribution is -2.23. The normalized spacial score (nSPS) is 13.6. The molecule has 4 aromatic rings. The average Bonchev–Trinajstić information content (AvgIpc) is 3.47. The van der Waals surface area contributed by atoms with Crippen LogP contribution in [0.5, 0.6) is 0 Å². The van der Waals surface area contributed by atoms with Crippen LogP contribution in [0.2, 0.25) is 0 Å². The zero-order valence-corrected chi connectivity index (χ0v) is 18.2. The third-order valence-electron chi connectivity index (χ3n) is 5.87. The molecule has 6 heteroatoms.